The number of carbonyl (C=O) groups is 1. The molecule has 0 amide bonds. The Morgan fingerprint density at radius 3 is 3.00 bits per heavy atom. The minimum absolute atomic E-state index is 0.0371. The van der Waals surface area contributed by atoms with Crippen LogP contribution in [0.3, 0.4) is 0 Å². The van der Waals surface area contributed by atoms with Crippen molar-refractivity contribution in [3.8, 4) is 0 Å². The molecule has 2 heterocycles. The molecule has 0 fully saturated rings. The zero-order valence-electron chi connectivity index (χ0n) is 7.34. The summed E-state index contributed by atoms with van der Waals surface area (Å²) in [5.41, 5.74) is 1.63. The molecule has 2 aromatic heterocycles. The van der Waals surface area contributed by atoms with Gasteiger partial charge < -0.3 is 4.42 Å². The maximum absolute atomic E-state index is 11.5. The SMILES string of the molecule is O=C(/C=C/c1ccsc1)c1ccoc1. The minimum atomic E-state index is -0.0371. The predicted octanol–water partition coefficient (Wildman–Crippen LogP) is 3.24. The highest BCUT2D eigenvalue weighted by atomic mass is 32.1. The summed E-state index contributed by atoms with van der Waals surface area (Å²) < 4.78 is 4.82. The second kappa shape index (κ2) is 4.07. The van der Waals surface area contributed by atoms with Gasteiger partial charge in [0.2, 0.25) is 0 Å². The molecular weight excluding hydrogens is 196 g/mol. The summed E-state index contributed by atoms with van der Waals surface area (Å²) >= 11 is 1.61. The standard InChI is InChI=1S/C11H8O2S/c12-11(10-3-5-13-7-10)2-1-9-4-6-14-8-9/h1-8H/b2-1+. The van der Waals surface area contributed by atoms with E-state index in [2.05, 4.69) is 0 Å². The van der Waals surface area contributed by atoms with E-state index >= 15 is 0 Å². The van der Waals surface area contributed by atoms with E-state index in [-0.39, 0.29) is 5.78 Å². The van der Waals surface area contributed by atoms with Crippen LogP contribution in [0.15, 0.2) is 45.9 Å². The molecule has 0 N–H and O–H groups in total. The first-order valence-corrected chi connectivity index (χ1v) is 5.07. The zero-order valence-corrected chi connectivity index (χ0v) is 8.16. The second-order valence-corrected chi connectivity index (χ2v) is 3.55. The van der Waals surface area contributed by atoms with Gasteiger partial charge in [0, 0.05) is 0 Å². The number of allylic oxidation sites excluding steroid dienone is 1. The highest BCUT2D eigenvalue weighted by molar-refractivity contribution is 7.08. The van der Waals surface area contributed by atoms with Crippen LogP contribution in [0.4, 0.5) is 0 Å². The number of hydrogen-bond acceptors (Lipinski definition) is 3. The molecule has 0 aromatic carbocycles. The molecule has 2 rings (SSSR count). The third-order valence-electron chi connectivity index (χ3n) is 1.78. The summed E-state index contributed by atoms with van der Waals surface area (Å²) in [5, 5.41) is 3.96. The fourth-order valence-electron chi connectivity index (χ4n) is 1.04. The molecule has 14 heavy (non-hydrogen) atoms. The molecule has 0 unspecified atom stereocenters. The van der Waals surface area contributed by atoms with E-state index in [1.807, 2.05) is 16.8 Å². The molecule has 0 aliphatic heterocycles. The van der Waals surface area contributed by atoms with Gasteiger partial charge in [-0.2, -0.15) is 11.3 Å². The average molecular weight is 204 g/mol. The van der Waals surface area contributed by atoms with Crippen molar-refractivity contribution < 1.29 is 9.21 Å². The van der Waals surface area contributed by atoms with Crippen molar-refractivity contribution >= 4 is 23.2 Å². The summed E-state index contributed by atoms with van der Waals surface area (Å²) in [5.74, 6) is -0.0371. The summed E-state index contributed by atoms with van der Waals surface area (Å²) in [7, 11) is 0. The molecule has 0 saturated carbocycles. The van der Waals surface area contributed by atoms with Crippen molar-refractivity contribution in [1.82, 2.24) is 0 Å². The Morgan fingerprint density at radius 2 is 2.36 bits per heavy atom. The zero-order chi connectivity index (χ0) is 9.80. The minimum Gasteiger partial charge on any atom is -0.472 e. The van der Waals surface area contributed by atoms with Crippen LogP contribution in [0.2, 0.25) is 0 Å². The maximum atomic E-state index is 11.5. The number of hydrogen-bond donors (Lipinski definition) is 0. The van der Waals surface area contributed by atoms with Gasteiger partial charge in [-0.1, -0.05) is 6.08 Å². The van der Waals surface area contributed by atoms with E-state index < -0.39 is 0 Å². The maximum Gasteiger partial charge on any atom is 0.189 e. The third-order valence-corrected chi connectivity index (χ3v) is 2.48. The Morgan fingerprint density at radius 1 is 1.43 bits per heavy atom. The molecule has 0 aliphatic rings. The number of furan rings is 1. The van der Waals surface area contributed by atoms with E-state index in [1.165, 1.54) is 12.5 Å². The first kappa shape index (κ1) is 8.97. The highest BCUT2D eigenvalue weighted by Gasteiger charge is 2.01. The molecule has 0 radical (unpaired) electrons. The number of ketones is 1. The number of rotatable bonds is 3. The first-order valence-electron chi connectivity index (χ1n) is 4.13. The summed E-state index contributed by atoms with van der Waals surface area (Å²) in [6.45, 7) is 0. The fraction of sp³-hybridized carbons (Fsp3) is 0. The number of carbonyl (C=O) groups excluding carboxylic acids is 1. The van der Waals surface area contributed by atoms with Crippen molar-refractivity contribution in [1.29, 1.82) is 0 Å². The predicted molar refractivity (Wildman–Crippen MR) is 56.4 cm³/mol. The molecule has 0 aliphatic carbocycles. The quantitative estimate of drug-likeness (QED) is 0.567. The Hall–Kier alpha value is -1.61. The van der Waals surface area contributed by atoms with Gasteiger partial charge in [0.15, 0.2) is 5.78 Å². The van der Waals surface area contributed by atoms with Crippen LogP contribution in [-0.2, 0) is 0 Å². The lowest BCUT2D eigenvalue weighted by Gasteiger charge is -1.86. The van der Waals surface area contributed by atoms with Crippen molar-refractivity contribution in [2.45, 2.75) is 0 Å². The van der Waals surface area contributed by atoms with Crippen LogP contribution in [0.5, 0.6) is 0 Å². The molecule has 0 bridgehead atoms. The molecule has 70 valence electrons. The van der Waals surface area contributed by atoms with Gasteiger partial charge in [-0.15, -0.1) is 0 Å². The second-order valence-electron chi connectivity index (χ2n) is 2.77. The Balaban J connectivity index is 2.09. The van der Waals surface area contributed by atoms with Gasteiger partial charge in [-0.25, -0.2) is 0 Å². The van der Waals surface area contributed by atoms with Crippen molar-refractivity contribution in [2.24, 2.45) is 0 Å². The van der Waals surface area contributed by atoms with Crippen LogP contribution >= 0.6 is 11.3 Å². The molecule has 2 aromatic rings. The van der Waals surface area contributed by atoms with E-state index in [1.54, 1.807) is 29.6 Å². The number of thiophene rings is 1. The van der Waals surface area contributed by atoms with Gasteiger partial charge in [-0.3, -0.25) is 4.79 Å². The Labute approximate surface area is 85.5 Å². The van der Waals surface area contributed by atoms with Crippen LogP contribution in [-0.4, -0.2) is 5.78 Å². The van der Waals surface area contributed by atoms with Gasteiger partial charge >= 0.3 is 0 Å². The smallest absolute Gasteiger partial charge is 0.189 e. The van der Waals surface area contributed by atoms with Crippen LogP contribution in [0.1, 0.15) is 15.9 Å². The van der Waals surface area contributed by atoms with Gasteiger partial charge in [0.1, 0.15) is 6.26 Å². The molecule has 0 atom stereocenters. The van der Waals surface area contributed by atoms with Crippen LogP contribution in [0, 0.1) is 0 Å². The van der Waals surface area contributed by atoms with Gasteiger partial charge in [0.05, 0.1) is 11.8 Å². The van der Waals surface area contributed by atoms with E-state index in [9.17, 15) is 4.79 Å². The lowest BCUT2D eigenvalue weighted by Crippen LogP contribution is -1.89. The molecule has 0 spiro atoms. The Kier molecular flexibility index (Phi) is 2.60. The van der Waals surface area contributed by atoms with Crippen LogP contribution < -0.4 is 0 Å². The van der Waals surface area contributed by atoms with E-state index in [4.69, 9.17) is 4.42 Å². The van der Waals surface area contributed by atoms with Gasteiger partial charge in [-0.05, 0) is 34.5 Å². The largest absolute Gasteiger partial charge is 0.472 e. The van der Waals surface area contributed by atoms with Crippen molar-refractivity contribution in [3.63, 3.8) is 0 Å². The molecule has 0 saturated heterocycles. The third kappa shape index (κ3) is 2.00. The summed E-state index contributed by atoms with van der Waals surface area (Å²) in [6.07, 6.45) is 6.28. The molecular formula is C11H8O2S. The lowest BCUT2D eigenvalue weighted by molar-refractivity contribution is 0.104. The average Bonchev–Trinajstić information content (AvgIpc) is 2.87. The van der Waals surface area contributed by atoms with Gasteiger partial charge in [0.25, 0.3) is 0 Å². The van der Waals surface area contributed by atoms with E-state index in [0.29, 0.717) is 5.56 Å². The fourth-order valence-corrected chi connectivity index (χ4v) is 1.67. The summed E-state index contributed by atoms with van der Waals surface area (Å²) in [4.78, 5) is 11.5. The molecule has 3 heteroatoms. The normalized spacial score (nSPS) is 10.9. The van der Waals surface area contributed by atoms with Crippen molar-refractivity contribution in [3.05, 3.63) is 52.6 Å². The summed E-state index contributed by atoms with van der Waals surface area (Å²) in [6, 6.07) is 3.62. The Bertz CT molecular complexity index is 424. The van der Waals surface area contributed by atoms with Crippen LogP contribution in [0.25, 0.3) is 6.08 Å². The molecule has 2 nitrogen and oxygen atoms in total. The highest BCUT2D eigenvalue weighted by Crippen LogP contribution is 2.09. The monoisotopic (exact) mass is 204 g/mol. The lowest BCUT2D eigenvalue weighted by atomic mass is 10.2. The first-order chi connectivity index (χ1) is 6.86. The topological polar surface area (TPSA) is 30.2 Å². The van der Waals surface area contributed by atoms with Crippen molar-refractivity contribution in [2.75, 3.05) is 0 Å². The van der Waals surface area contributed by atoms with E-state index in [0.717, 1.165) is 5.56 Å².